The van der Waals surface area contributed by atoms with Crippen LogP contribution in [0.5, 0.6) is 0 Å². The van der Waals surface area contributed by atoms with Gasteiger partial charge in [0.1, 0.15) is 0 Å². The van der Waals surface area contributed by atoms with Crippen molar-refractivity contribution in [3.63, 3.8) is 0 Å². The number of unbranched alkanes of at least 4 members (excludes halogenated alkanes) is 2. The molecule has 0 saturated heterocycles. The molecule has 2 aromatic heterocycles. The Labute approximate surface area is 135 Å². The lowest BCUT2D eigenvalue weighted by molar-refractivity contribution is -0.302. The van der Waals surface area contributed by atoms with E-state index in [1.165, 1.54) is 4.57 Å². The maximum absolute atomic E-state index is 11.7. The van der Waals surface area contributed by atoms with Crippen molar-refractivity contribution in [2.45, 2.75) is 38.7 Å². The SMILES string of the molecule is CCCCCn1c(=O)[nH]c(=O)c2[nH]c(Cl)nc21.NCC(O)(O)O. The number of rotatable bonds is 5. The van der Waals surface area contributed by atoms with Gasteiger partial charge < -0.3 is 26.0 Å². The molecule has 0 aliphatic rings. The van der Waals surface area contributed by atoms with Gasteiger partial charge in [0, 0.05) is 6.54 Å². The Bertz CT molecular complexity index is 745. The van der Waals surface area contributed by atoms with Crippen LogP contribution in [0, 0.1) is 0 Å². The summed E-state index contributed by atoms with van der Waals surface area (Å²) >= 11 is 5.71. The number of nitrogens with one attached hydrogen (secondary N) is 2. The van der Waals surface area contributed by atoms with Gasteiger partial charge in [-0.2, -0.15) is 4.98 Å². The first-order valence-corrected chi connectivity index (χ1v) is 7.33. The summed E-state index contributed by atoms with van der Waals surface area (Å²) in [6.07, 6.45) is 2.94. The first-order valence-electron chi connectivity index (χ1n) is 6.95. The second kappa shape index (κ2) is 8.22. The normalized spacial score (nSPS) is 11.4. The Morgan fingerprint density at radius 2 is 1.87 bits per heavy atom. The Morgan fingerprint density at radius 3 is 2.39 bits per heavy atom. The Balaban J connectivity index is 0.000000379. The Hall–Kier alpha value is -1.72. The predicted octanol–water partition coefficient (Wildman–Crippen LogP) is -1.17. The standard InChI is InChI=1S/C10H13ClN4O2.C2H7NO3/c1-2-3-4-5-15-7-6(12-9(11)13-7)8(16)14-10(15)17;3-1-2(4,5)6/h2-5H2,1H3,(H,12,13)(H,14,16,17);4-6H,1,3H2. The molecule has 10 nitrogen and oxygen atoms in total. The first-order chi connectivity index (χ1) is 10.7. The van der Waals surface area contributed by atoms with E-state index in [-0.39, 0.29) is 10.8 Å². The van der Waals surface area contributed by atoms with Crippen molar-refractivity contribution in [2.75, 3.05) is 6.54 Å². The third-order valence-corrected chi connectivity index (χ3v) is 3.04. The number of halogens is 1. The van der Waals surface area contributed by atoms with Crippen LogP contribution in [-0.4, -0.2) is 47.4 Å². The number of nitrogens with zero attached hydrogens (tertiary/aromatic N) is 2. The fourth-order valence-corrected chi connectivity index (χ4v) is 1.91. The molecule has 0 amide bonds. The summed E-state index contributed by atoms with van der Waals surface area (Å²) in [5, 5.41) is 23.5. The summed E-state index contributed by atoms with van der Waals surface area (Å²) in [7, 11) is 0. The molecule has 23 heavy (non-hydrogen) atoms. The van der Waals surface area contributed by atoms with Gasteiger partial charge in [-0.3, -0.25) is 14.3 Å². The van der Waals surface area contributed by atoms with E-state index < -0.39 is 23.8 Å². The summed E-state index contributed by atoms with van der Waals surface area (Å²) in [5.41, 5.74) is 4.18. The molecule has 0 aromatic carbocycles. The van der Waals surface area contributed by atoms with E-state index in [4.69, 9.17) is 26.9 Å². The topological polar surface area (TPSA) is 170 Å². The summed E-state index contributed by atoms with van der Waals surface area (Å²) in [6.45, 7) is 2.05. The second-order valence-electron chi connectivity index (χ2n) is 4.82. The Kier molecular flexibility index (Phi) is 6.91. The zero-order valence-corrected chi connectivity index (χ0v) is 13.3. The monoisotopic (exact) mass is 349 g/mol. The molecule has 0 fully saturated rings. The molecule has 0 atom stereocenters. The molecule has 0 unspecified atom stereocenters. The maximum atomic E-state index is 11.7. The van der Waals surface area contributed by atoms with Crippen molar-refractivity contribution < 1.29 is 15.3 Å². The van der Waals surface area contributed by atoms with Crippen molar-refractivity contribution in [1.29, 1.82) is 0 Å². The molecule has 2 aromatic rings. The number of aromatic amines is 2. The van der Waals surface area contributed by atoms with Crippen LogP contribution < -0.4 is 17.0 Å². The third-order valence-electron chi connectivity index (χ3n) is 2.86. The number of hydrogen-bond acceptors (Lipinski definition) is 7. The van der Waals surface area contributed by atoms with Gasteiger partial charge in [0.15, 0.2) is 11.2 Å². The van der Waals surface area contributed by atoms with Crippen LogP contribution in [0.3, 0.4) is 0 Å². The molecule has 11 heteroatoms. The molecule has 0 saturated carbocycles. The summed E-state index contributed by atoms with van der Waals surface area (Å²) < 4.78 is 1.44. The molecular weight excluding hydrogens is 330 g/mol. The Morgan fingerprint density at radius 1 is 1.26 bits per heavy atom. The van der Waals surface area contributed by atoms with Crippen molar-refractivity contribution in [2.24, 2.45) is 5.73 Å². The lowest BCUT2D eigenvalue weighted by atomic mass is 10.2. The first kappa shape index (κ1) is 19.3. The number of H-pyrrole nitrogens is 2. The highest BCUT2D eigenvalue weighted by Gasteiger charge is 2.12. The largest absolute Gasteiger partial charge is 0.343 e. The van der Waals surface area contributed by atoms with Gasteiger partial charge >= 0.3 is 5.69 Å². The minimum Gasteiger partial charge on any atom is -0.343 e. The van der Waals surface area contributed by atoms with E-state index in [0.717, 1.165) is 19.3 Å². The van der Waals surface area contributed by atoms with Gasteiger partial charge in [-0.15, -0.1) is 0 Å². The van der Waals surface area contributed by atoms with Gasteiger partial charge in [0.2, 0.25) is 5.28 Å². The van der Waals surface area contributed by atoms with Crippen LogP contribution in [0.15, 0.2) is 9.59 Å². The van der Waals surface area contributed by atoms with Crippen LogP contribution in [0.4, 0.5) is 0 Å². The molecule has 2 heterocycles. The molecule has 0 radical (unpaired) electrons. The predicted molar refractivity (Wildman–Crippen MR) is 84.0 cm³/mol. The zero-order chi connectivity index (χ0) is 17.6. The number of aryl methyl sites for hydroxylation is 1. The average molecular weight is 350 g/mol. The van der Waals surface area contributed by atoms with Gasteiger partial charge in [-0.1, -0.05) is 19.8 Å². The van der Waals surface area contributed by atoms with Gasteiger partial charge in [-0.05, 0) is 18.0 Å². The van der Waals surface area contributed by atoms with Crippen LogP contribution in [0.1, 0.15) is 26.2 Å². The highest BCUT2D eigenvalue weighted by Crippen LogP contribution is 2.09. The fourth-order valence-electron chi connectivity index (χ4n) is 1.74. The number of fused-ring (bicyclic) bond motifs is 1. The van der Waals surface area contributed by atoms with Crippen molar-refractivity contribution >= 4 is 22.8 Å². The molecule has 0 aliphatic heterocycles. The van der Waals surface area contributed by atoms with Crippen LogP contribution in [-0.2, 0) is 6.54 Å². The molecule has 7 N–H and O–H groups in total. The maximum Gasteiger partial charge on any atom is 0.330 e. The van der Waals surface area contributed by atoms with Crippen molar-refractivity contribution in [3.05, 3.63) is 26.1 Å². The van der Waals surface area contributed by atoms with Gasteiger partial charge in [0.25, 0.3) is 11.5 Å². The molecular formula is C12H20ClN5O5. The lowest BCUT2D eigenvalue weighted by Gasteiger charge is -2.07. The van der Waals surface area contributed by atoms with Gasteiger partial charge in [0.05, 0.1) is 6.54 Å². The third kappa shape index (κ3) is 5.77. The number of aromatic nitrogens is 4. The van der Waals surface area contributed by atoms with E-state index in [1.807, 2.05) is 0 Å². The van der Waals surface area contributed by atoms with E-state index in [9.17, 15) is 9.59 Å². The van der Waals surface area contributed by atoms with E-state index in [2.05, 4.69) is 27.6 Å². The molecule has 0 spiro atoms. The fraction of sp³-hybridized carbons (Fsp3) is 0.583. The number of hydrogen-bond donors (Lipinski definition) is 6. The van der Waals surface area contributed by atoms with E-state index in [0.29, 0.717) is 12.2 Å². The second-order valence-corrected chi connectivity index (χ2v) is 5.18. The number of imidazole rings is 1. The smallest absolute Gasteiger partial charge is 0.330 e. The summed E-state index contributed by atoms with van der Waals surface area (Å²) in [4.78, 5) is 32.0. The summed E-state index contributed by atoms with van der Waals surface area (Å²) in [6, 6.07) is 0. The number of nitrogens with two attached hydrogens (primary N) is 1. The minimum atomic E-state index is -2.68. The highest BCUT2D eigenvalue weighted by atomic mass is 35.5. The van der Waals surface area contributed by atoms with Crippen LogP contribution in [0.25, 0.3) is 11.2 Å². The van der Waals surface area contributed by atoms with Crippen LogP contribution >= 0.6 is 11.6 Å². The minimum absolute atomic E-state index is 0.111. The lowest BCUT2D eigenvalue weighted by Crippen LogP contribution is -2.36. The highest BCUT2D eigenvalue weighted by molar-refractivity contribution is 6.28. The molecule has 2 rings (SSSR count). The summed E-state index contributed by atoms with van der Waals surface area (Å²) in [5.74, 6) is -2.68. The van der Waals surface area contributed by atoms with E-state index in [1.54, 1.807) is 0 Å². The van der Waals surface area contributed by atoms with Crippen molar-refractivity contribution in [3.8, 4) is 0 Å². The molecule has 0 bridgehead atoms. The molecule has 130 valence electrons. The van der Waals surface area contributed by atoms with E-state index >= 15 is 0 Å². The van der Waals surface area contributed by atoms with Gasteiger partial charge in [-0.25, -0.2) is 4.79 Å². The van der Waals surface area contributed by atoms with Crippen LogP contribution in [0.2, 0.25) is 5.28 Å². The molecule has 0 aliphatic carbocycles. The zero-order valence-electron chi connectivity index (χ0n) is 12.5. The number of aliphatic hydroxyl groups is 3. The quantitative estimate of drug-likeness (QED) is 0.224. The average Bonchev–Trinajstić information content (AvgIpc) is 2.85. The van der Waals surface area contributed by atoms with Crippen molar-refractivity contribution in [1.82, 2.24) is 19.5 Å².